The Morgan fingerprint density at radius 2 is 0.805 bits per heavy atom. The predicted octanol–water partition coefficient (Wildman–Crippen LogP) is 16.8. The molecular formula is C65H116O12. The molecule has 448 valence electrons. The fourth-order valence-electron chi connectivity index (χ4n) is 9.76. The van der Waals surface area contributed by atoms with E-state index in [0.717, 1.165) is 103 Å². The van der Waals surface area contributed by atoms with Gasteiger partial charge in [-0.15, -0.1) is 0 Å². The number of carboxylic acid groups (broad SMARTS) is 1. The molecule has 0 aromatic carbocycles. The number of esters is 3. The zero-order valence-electron chi connectivity index (χ0n) is 49.5. The minimum atomic E-state index is -1.90. The highest BCUT2D eigenvalue weighted by molar-refractivity contribution is 5.74. The number of allylic oxidation sites excluding steroid dienone is 6. The van der Waals surface area contributed by atoms with Gasteiger partial charge in [0.1, 0.15) is 18.8 Å². The van der Waals surface area contributed by atoms with Crippen molar-refractivity contribution in [2.75, 3.05) is 13.2 Å². The van der Waals surface area contributed by atoms with E-state index in [4.69, 9.17) is 23.7 Å². The van der Waals surface area contributed by atoms with Gasteiger partial charge in [-0.3, -0.25) is 14.4 Å². The van der Waals surface area contributed by atoms with E-state index >= 15 is 0 Å². The summed E-state index contributed by atoms with van der Waals surface area (Å²) in [5.74, 6) is -3.11. The van der Waals surface area contributed by atoms with Gasteiger partial charge >= 0.3 is 23.9 Å². The summed E-state index contributed by atoms with van der Waals surface area (Å²) in [4.78, 5) is 51.2. The first-order chi connectivity index (χ1) is 37.6. The molecule has 12 nitrogen and oxygen atoms in total. The molecule has 1 saturated heterocycles. The van der Waals surface area contributed by atoms with Crippen molar-refractivity contribution in [1.29, 1.82) is 0 Å². The lowest BCUT2D eigenvalue weighted by Gasteiger charge is -2.40. The standard InChI is InChI=1S/C65H116O12/c1-4-7-10-13-16-19-22-25-27-29-31-34-36-39-42-45-48-51-57(66)73-54-56(75-58(67)52-49-46-43-40-37-33-24-21-18-15-12-9-6-3)55-74-65-63(61(70)60(69)62(77-65)64(71)72)76-59(68)53-50-47-44-41-38-35-32-30-28-26-23-20-17-14-11-8-5-2/h12,15,21,24,26,28,56,60-63,65,69-70H,4-11,13-14,16-20,22-23,25,27,29-55H2,1-3H3,(H,71,72)/b15-12-,24-21-,28-26-. The molecule has 0 radical (unpaired) electrons. The minimum Gasteiger partial charge on any atom is -0.479 e. The molecule has 0 spiro atoms. The molecule has 6 atom stereocenters. The number of carbonyl (C=O) groups excluding carboxylic acids is 3. The van der Waals surface area contributed by atoms with E-state index in [9.17, 15) is 34.5 Å². The van der Waals surface area contributed by atoms with Gasteiger partial charge in [-0.25, -0.2) is 4.79 Å². The van der Waals surface area contributed by atoms with E-state index in [1.807, 2.05) is 0 Å². The summed E-state index contributed by atoms with van der Waals surface area (Å²) in [6.07, 6.45) is 51.1. The average Bonchev–Trinajstić information content (AvgIpc) is 3.42. The third kappa shape index (κ3) is 43.4. The van der Waals surface area contributed by atoms with Crippen LogP contribution in [0.1, 0.15) is 303 Å². The lowest BCUT2D eigenvalue weighted by atomic mass is 9.98. The first kappa shape index (κ1) is 72.0. The van der Waals surface area contributed by atoms with Crippen molar-refractivity contribution in [3.05, 3.63) is 36.5 Å². The number of hydrogen-bond acceptors (Lipinski definition) is 11. The molecule has 0 bridgehead atoms. The summed E-state index contributed by atoms with van der Waals surface area (Å²) in [5, 5.41) is 31.5. The van der Waals surface area contributed by atoms with E-state index in [-0.39, 0.29) is 25.9 Å². The summed E-state index contributed by atoms with van der Waals surface area (Å²) >= 11 is 0. The molecule has 0 amide bonds. The monoisotopic (exact) mass is 1090 g/mol. The van der Waals surface area contributed by atoms with Crippen molar-refractivity contribution in [3.8, 4) is 0 Å². The molecule has 1 rings (SSSR count). The van der Waals surface area contributed by atoms with Crippen molar-refractivity contribution in [1.82, 2.24) is 0 Å². The van der Waals surface area contributed by atoms with E-state index in [0.29, 0.717) is 19.3 Å². The Bertz CT molecular complexity index is 1480. The highest BCUT2D eigenvalue weighted by Gasteiger charge is 2.50. The third-order valence-electron chi connectivity index (χ3n) is 14.7. The van der Waals surface area contributed by atoms with E-state index in [2.05, 4.69) is 57.2 Å². The second-order valence-corrected chi connectivity index (χ2v) is 22.0. The first-order valence-electron chi connectivity index (χ1n) is 32.0. The Kier molecular flexibility index (Phi) is 50.1. The van der Waals surface area contributed by atoms with Gasteiger partial charge in [-0.1, -0.05) is 250 Å². The lowest BCUT2D eigenvalue weighted by molar-refractivity contribution is -0.301. The number of rotatable bonds is 55. The Hall–Kier alpha value is -3.06. The van der Waals surface area contributed by atoms with Crippen molar-refractivity contribution in [2.45, 2.75) is 340 Å². The van der Waals surface area contributed by atoms with Crippen LogP contribution in [-0.2, 0) is 42.9 Å². The van der Waals surface area contributed by atoms with Gasteiger partial charge < -0.3 is 39.0 Å². The Balaban J connectivity index is 2.65. The molecule has 1 heterocycles. The number of ether oxygens (including phenoxy) is 5. The molecule has 1 fully saturated rings. The molecule has 6 unspecified atom stereocenters. The van der Waals surface area contributed by atoms with Gasteiger partial charge in [-0.2, -0.15) is 0 Å². The maximum absolute atomic E-state index is 13.2. The smallest absolute Gasteiger partial charge is 0.335 e. The molecule has 1 aliphatic heterocycles. The van der Waals surface area contributed by atoms with E-state index < -0.39 is 67.3 Å². The number of unbranched alkanes of at least 4 members (excludes halogenated alkanes) is 35. The van der Waals surface area contributed by atoms with Crippen LogP contribution in [0.5, 0.6) is 0 Å². The molecule has 77 heavy (non-hydrogen) atoms. The van der Waals surface area contributed by atoms with E-state index in [1.165, 1.54) is 141 Å². The van der Waals surface area contributed by atoms with Crippen LogP contribution in [0.25, 0.3) is 0 Å². The van der Waals surface area contributed by atoms with Crippen molar-refractivity contribution >= 4 is 23.9 Å². The quantitative estimate of drug-likeness (QED) is 0.0228. The lowest BCUT2D eigenvalue weighted by Crippen LogP contribution is -2.61. The van der Waals surface area contributed by atoms with Gasteiger partial charge in [0, 0.05) is 19.3 Å². The number of aliphatic carboxylic acids is 1. The molecule has 0 aromatic rings. The summed E-state index contributed by atoms with van der Waals surface area (Å²) in [5.41, 5.74) is 0. The van der Waals surface area contributed by atoms with Crippen LogP contribution in [0, 0.1) is 0 Å². The third-order valence-corrected chi connectivity index (χ3v) is 14.7. The van der Waals surface area contributed by atoms with Gasteiger partial charge in [0.2, 0.25) is 0 Å². The molecule has 0 aliphatic carbocycles. The van der Waals surface area contributed by atoms with Crippen LogP contribution in [0.4, 0.5) is 0 Å². The summed E-state index contributed by atoms with van der Waals surface area (Å²) in [6.45, 7) is 5.95. The van der Waals surface area contributed by atoms with Crippen molar-refractivity contribution < 1.29 is 58.2 Å². The first-order valence-corrected chi connectivity index (χ1v) is 32.0. The van der Waals surface area contributed by atoms with Crippen LogP contribution in [0.2, 0.25) is 0 Å². The SMILES string of the molecule is CCC/C=C\C/C=C\CCCCCCCC(=O)OC(COC(=O)CCCCCCCCCCCCCCCCCCC)COC1OC(C(=O)O)C(O)C(O)C1OC(=O)CCCCCCCCC/C=C\CCCCCCCC. The second-order valence-electron chi connectivity index (χ2n) is 22.0. The number of aliphatic hydroxyl groups is 2. The zero-order valence-corrected chi connectivity index (χ0v) is 49.5. The molecule has 0 aromatic heterocycles. The van der Waals surface area contributed by atoms with E-state index in [1.54, 1.807) is 0 Å². The Morgan fingerprint density at radius 3 is 1.23 bits per heavy atom. The molecular weight excluding hydrogens is 973 g/mol. The van der Waals surface area contributed by atoms with Crippen LogP contribution in [0.3, 0.4) is 0 Å². The number of carboxylic acids is 1. The highest BCUT2D eigenvalue weighted by atomic mass is 16.7. The normalized spacial score (nSPS) is 18.2. The van der Waals surface area contributed by atoms with Crippen LogP contribution < -0.4 is 0 Å². The predicted molar refractivity (Wildman–Crippen MR) is 313 cm³/mol. The zero-order chi connectivity index (χ0) is 56.1. The Labute approximate surface area is 470 Å². The maximum Gasteiger partial charge on any atom is 0.335 e. The fraction of sp³-hybridized carbons (Fsp3) is 0.846. The molecule has 1 aliphatic rings. The molecule has 3 N–H and O–H groups in total. The largest absolute Gasteiger partial charge is 0.479 e. The molecule has 12 heteroatoms. The van der Waals surface area contributed by atoms with Crippen LogP contribution in [0.15, 0.2) is 36.5 Å². The number of hydrogen-bond donors (Lipinski definition) is 3. The fourth-order valence-corrected chi connectivity index (χ4v) is 9.76. The van der Waals surface area contributed by atoms with Gasteiger partial charge in [0.25, 0.3) is 0 Å². The van der Waals surface area contributed by atoms with Crippen LogP contribution >= 0.6 is 0 Å². The second kappa shape index (κ2) is 53.6. The average molecular weight is 1090 g/mol. The van der Waals surface area contributed by atoms with Crippen LogP contribution in [-0.4, -0.2) is 89.2 Å². The number of aliphatic hydroxyl groups excluding tert-OH is 2. The van der Waals surface area contributed by atoms with Crippen molar-refractivity contribution in [2.24, 2.45) is 0 Å². The highest BCUT2D eigenvalue weighted by Crippen LogP contribution is 2.27. The summed E-state index contributed by atoms with van der Waals surface area (Å²) < 4.78 is 28.5. The van der Waals surface area contributed by atoms with Gasteiger partial charge in [0.05, 0.1) is 6.61 Å². The molecule has 0 saturated carbocycles. The maximum atomic E-state index is 13.2. The van der Waals surface area contributed by atoms with Gasteiger partial charge in [0.15, 0.2) is 24.6 Å². The Morgan fingerprint density at radius 1 is 0.429 bits per heavy atom. The van der Waals surface area contributed by atoms with Gasteiger partial charge in [-0.05, 0) is 70.6 Å². The summed E-state index contributed by atoms with van der Waals surface area (Å²) in [6, 6.07) is 0. The topological polar surface area (TPSA) is 175 Å². The number of carbonyl (C=O) groups is 4. The summed E-state index contributed by atoms with van der Waals surface area (Å²) in [7, 11) is 0. The minimum absolute atomic E-state index is 0.0570. The van der Waals surface area contributed by atoms with Crippen molar-refractivity contribution in [3.63, 3.8) is 0 Å².